The number of rotatable bonds is 9. The first-order valence-corrected chi connectivity index (χ1v) is 12.6. The van der Waals surface area contributed by atoms with E-state index in [-0.39, 0.29) is 17.8 Å². The summed E-state index contributed by atoms with van der Waals surface area (Å²) in [4.78, 5) is 17.0. The van der Waals surface area contributed by atoms with Crippen LogP contribution >= 0.6 is 34.7 Å². The van der Waals surface area contributed by atoms with Crippen molar-refractivity contribution >= 4 is 45.7 Å². The maximum absolute atomic E-state index is 12.5. The molecule has 1 N–H and O–H groups in total. The predicted octanol–water partition coefficient (Wildman–Crippen LogP) is 5.95. The van der Waals surface area contributed by atoms with Crippen molar-refractivity contribution in [1.82, 2.24) is 19.7 Å². The van der Waals surface area contributed by atoms with E-state index in [0.717, 1.165) is 11.3 Å². The third kappa shape index (κ3) is 5.93. The van der Waals surface area contributed by atoms with Gasteiger partial charge in [0, 0.05) is 22.5 Å². The molecule has 0 radical (unpaired) electrons. The van der Waals surface area contributed by atoms with Crippen molar-refractivity contribution in [1.29, 1.82) is 0 Å². The van der Waals surface area contributed by atoms with Gasteiger partial charge in [0.1, 0.15) is 5.75 Å². The van der Waals surface area contributed by atoms with Gasteiger partial charge in [-0.2, -0.15) is 0 Å². The summed E-state index contributed by atoms with van der Waals surface area (Å²) in [6.07, 6.45) is -0.328. The zero-order valence-electron chi connectivity index (χ0n) is 18.1. The Hall–Kier alpha value is -2.88. The van der Waals surface area contributed by atoms with Gasteiger partial charge in [-0.15, -0.1) is 21.5 Å². The molecule has 0 aliphatic rings. The molecule has 4 rings (SSSR count). The maximum Gasteiger partial charge on any atom is 0.236 e. The molecule has 0 spiro atoms. The molecule has 7 nitrogen and oxygen atoms in total. The molecule has 10 heteroatoms. The summed E-state index contributed by atoms with van der Waals surface area (Å²) < 4.78 is 7.93. The van der Waals surface area contributed by atoms with Crippen LogP contribution < -0.4 is 10.1 Å². The minimum absolute atomic E-state index is 0.149. The van der Waals surface area contributed by atoms with Crippen molar-refractivity contribution in [2.45, 2.75) is 31.7 Å². The highest BCUT2D eigenvalue weighted by Gasteiger charge is 2.20. The van der Waals surface area contributed by atoms with E-state index < -0.39 is 0 Å². The molecule has 2 aromatic heterocycles. The number of ether oxygens (including phenoxy) is 1. The zero-order valence-corrected chi connectivity index (χ0v) is 20.5. The van der Waals surface area contributed by atoms with Crippen molar-refractivity contribution in [2.75, 3.05) is 11.1 Å². The fourth-order valence-electron chi connectivity index (χ4n) is 3.16. The summed E-state index contributed by atoms with van der Waals surface area (Å²) in [5, 5.41) is 15.2. The van der Waals surface area contributed by atoms with Crippen molar-refractivity contribution in [3.63, 3.8) is 0 Å². The molecular weight excluding hydrogens is 478 g/mol. The Morgan fingerprint density at radius 2 is 2.03 bits per heavy atom. The molecule has 0 bridgehead atoms. The summed E-state index contributed by atoms with van der Waals surface area (Å²) in [6, 6.07) is 17.1. The number of thioether (sulfide) groups is 1. The molecule has 1 amide bonds. The lowest BCUT2D eigenvalue weighted by Crippen LogP contribution is -2.15. The Morgan fingerprint density at radius 3 is 2.79 bits per heavy atom. The highest BCUT2D eigenvalue weighted by atomic mass is 35.5. The Kier molecular flexibility index (Phi) is 7.64. The lowest BCUT2D eigenvalue weighted by Gasteiger charge is -2.15. The van der Waals surface area contributed by atoms with Gasteiger partial charge in [-0.25, -0.2) is 4.98 Å². The van der Waals surface area contributed by atoms with Crippen LogP contribution in [0, 0.1) is 0 Å². The second-order valence-corrected chi connectivity index (χ2v) is 9.28. The molecule has 0 saturated carbocycles. The van der Waals surface area contributed by atoms with E-state index in [2.05, 4.69) is 20.5 Å². The summed E-state index contributed by atoms with van der Waals surface area (Å²) in [5.74, 6) is 1.40. The van der Waals surface area contributed by atoms with Crippen molar-refractivity contribution in [3.8, 4) is 17.0 Å². The molecule has 0 aliphatic heterocycles. The van der Waals surface area contributed by atoms with Gasteiger partial charge in [-0.1, -0.05) is 59.8 Å². The minimum atomic E-state index is -0.328. The first kappa shape index (κ1) is 23.3. The topological polar surface area (TPSA) is 81.9 Å². The van der Waals surface area contributed by atoms with Gasteiger partial charge in [0.2, 0.25) is 5.91 Å². The lowest BCUT2D eigenvalue weighted by atomic mass is 10.2. The van der Waals surface area contributed by atoms with Crippen LogP contribution in [-0.4, -0.2) is 31.4 Å². The Balaban J connectivity index is 1.36. The van der Waals surface area contributed by atoms with Crippen LogP contribution in [-0.2, 0) is 11.3 Å². The average Bonchev–Trinajstić information content (AvgIpc) is 3.45. The molecule has 1 unspecified atom stereocenters. The molecule has 0 saturated heterocycles. The number of thiazole rings is 1. The Labute approximate surface area is 205 Å². The normalized spacial score (nSPS) is 11.8. The number of anilines is 1. The second kappa shape index (κ2) is 10.8. The number of benzene rings is 2. The third-order valence-corrected chi connectivity index (χ3v) is 6.65. The van der Waals surface area contributed by atoms with Gasteiger partial charge in [-0.3, -0.25) is 4.79 Å². The average molecular weight is 500 g/mol. The van der Waals surface area contributed by atoms with E-state index in [1.807, 2.05) is 66.3 Å². The molecule has 33 heavy (non-hydrogen) atoms. The van der Waals surface area contributed by atoms with Gasteiger partial charge in [0.15, 0.2) is 22.2 Å². The standard InChI is InChI=1S/C23H22ClN5O2S2/c1-3-29-21(15(2)31-18-11-7-10-17(24)12-18)27-28-23(29)33-14-20(30)26-22-25-19(13-32-22)16-8-5-4-6-9-16/h4-13,15H,3,14H2,1-2H3,(H,25,26,30). The number of halogens is 1. The number of hydrogen-bond donors (Lipinski definition) is 1. The van der Waals surface area contributed by atoms with Gasteiger partial charge in [0.25, 0.3) is 0 Å². The largest absolute Gasteiger partial charge is 0.483 e. The van der Waals surface area contributed by atoms with E-state index in [1.165, 1.54) is 23.1 Å². The number of aromatic nitrogens is 4. The number of nitrogens with zero attached hydrogens (tertiary/aromatic N) is 4. The van der Waals surface area contributed by atoms with E-state index >= 15 is 0 Å². The summed E-state index contributed by atoms with van der Waals surface area (Å²) in [7, 11) is 0. The maximum atomic E-state index is 12.5. The van der Waals surface area contributed by atoms with E-state index in [4.69, 9.17) is 16.3 Å². The Morgan fingerprint density at radius 1 is 1.21 bits per heavy atom. The van der Waals surface area contributed by atoms with Crippen molar-refractivity contribution < 1.29 is 9.53 Å². The monoisotopic (exact) mass is 499 g/mol. The van der Waals surface area contributed by atoms with E-state index in [0.29, 0.717) is 33.4 Å². The molecule has 2 aromatic carbocycles. The highest BCUT2D eigenvalue weighted by molar-refractivity contribution is 7.99. The zero-order chi connectivity index (χ0) is 23.2. The van der Waals surface area contributed by atoms with Crippen LogP contribution in [0.4, 0.5) is 5.13 Å². The second-order valence-electron chi connectivity index (χ2n) is 7.04. The predicted molar refractivity (Wildman–Crippen MR) is 133 cm³/mol. The van der Waals surface area contributed by atoms with Crippen LogP contribution in [0.15, 0.2) is 65.1 Å². The van der Waals surface area contributed by atoms with Gasteiger partial charge in [0.05, 0.1) is 11.4 Å². The fourth-order valence-corrected chi connectivity index (χ4v) is 4.89. The quantitative estimate of drug-likeness (QED) is 0.287. The first-order valence-electron chi connectivity index (χ1n) is 10.3. The van der Waals surface area contributed by atoms with E-state index in [1.54, 1.807) is 12.1 Å². The number of hydrogen-bond acceptors (Lipinski definition) is 7. The number of carbonyl (C=O) groups is 1. The summed E-state index contributed by atoms with van der Waals surface area (Å²) in [5.41, 5.74) is 1.86. The smallest absolute Gasteiger partial charge is 0.236 e. The molecule has 4 aromatic rings. The highest BCUT2D eigenvalue weighted by Crippen LogP contribution is 2.27. The van der Waals surface area contributed by atoms with Crippen LogP contribution in [0.25, 0.3) is 11.3 Å². The molecule has 170 valence electrons. The van der Waals surface area contributed by atoms with Gasteiger partial charge >= 0.3 is 0 Å². The third-order valence-electron chi connectivity index (χ3n) is 4.69. The van der Waals surface area contributed by atoms with Gasteiger partial charge < -0.3 is 14.6 Å². The van der Waals surface area contributed by atoms with Crippen molar-refractivity contribution in [2.24, 2.45) is 0 Å². The minimum Gasteiger partial charge on any atom is -0.483 e. The number of nitrogens with one attached hydrogen (secondary N) is 1. The number of carbonyl (C=O) groups excluding carboxylic acids is 1. The molecule has 1 atom stereocenters. The Bertz CT molecular complexity index is 1230. The SMILES string of the molecule is CCn1c(SCC(=O)Nc2nc(-c3ccccc3)cs2)nnc1C(C)Oc1cccc(Cl)c1. The molecule has 0 fully saturated rings. The summed E-state index contributed by atoms with van der Waals surface area (Å²) in [6.45, 7) is 4.57. The fraction of sp³-hybridized carbons (Fsp3) is 0.217. The van der Waals surface area contributed by atoms with Crippen LogP contribution in [0.3, 0.4) is 0 Å². The first-order chi connectivity index (χ1) is 16.0. The summed E-state index contributed by atoms with van der Waals surface area (Å²) >= 11 is 8.77. The number of amides is 1. The molecular formula is C23H22ClN5O2S2. The van der Waals surface area contributed by atoms with Crippen LogP contribution in [0.1, 0.15) is 25.8 Å². The van der Waals surface area contributed by atoms with Gasteiger partial charge in [-0.05, 0) is 32.0 Å². The van der Waals surface area contributed by atoms with Crippen LogP contribution in [0.2, 0.25) is 5.02 Å². The van der Waals surface area contributed by atoms with Crippen molar-refractivity contribution in [3.05, 3.63) is 70.8 Å². The molecule has 0 aliphatic carbocycles. The van der Waals surface area contributed by atoms with E-state index in [9.17, 15) is 4.79 Å². The lowest BCUT2D eigenvalue weighted by molar-refractivity contribution is -0.113. The molecule has 2 heterocycles. The van der Waals surface area contributed by atoms with Crippen LogP contribution in [0.5, 0.6) is 5.75 Å².